The monoisotopic (exact) mass is 432 g/mol. The van der Waals surface area contributed by atoms with Crippen molar-refractivity contribution < 1.29 is 4.57 Å². The summed E-state index contributed by atoms with van der Waals surface area (Å²) < 4.78 is 2.49. The van der Waals surface area contributed by atoms with Gasteiger partial charge in [-0.3, -0.25) is 0 Å². The molecule has 4 aromatic rings. The predicted molar refractivity (Wildman–Crippen MR) is 140 cm³/mol. The van der Waals surface area contributed by atoms with E-state index in [0.29, 0.717) is 0 Å². The van der Waals surface area contributed by atoms with Gasteiger partial charge in [-0.15, -0.1) is 0 Å². The molecule has 2 aliphatic rings. The number of aromatic nitrogens is 1. The number of hydrogen-bond acceptors (Lipinski definition) is 0. The molecule has 166 valence electrons. The lowest BCUT2D eigenvalue weighted by atomic mass is 9.82. The lowest BCUT2D eigenvalue weighted by molar-refractivity contribution is -0.670. The molecular weight excluding hydrogens is 398 g/mol. The number of pyridine rings is 1. The van der Waals surface area contributed by atoms with Crippen LogP contribution < -0.4 is 4.57 Å². The minimum Gasteiger partial charge on any atom is -0.193 e. The van der Waals surface area contributed by atoms with Crippen LogP contribution in [0.5, 0.6) is 0 Å². The first-order chi connectivity index (χ1) is 15.8. The SMILES string of the molecule is CCCCCc1cc2c3c(c1)-c1cc(C)ccc1-c1cc(C(C)(C)C)cc4cc[n+](c-3c14)C2. The number of fused-ring (bicyclic) bond motifs is 3. The van der Waals surface area contributed by atoms with Gasteiger partial charge in [-0.1, -0.05) is 76.4 Å². The highest BCUT2D eigenvalue weighted by Crippen LogP contribution is 2.50. The molecule has 0 saturated heterocycles. The van der Waals surface area contributed by atoms with Gasteiger partial charge in [0.25, 0.3) is 0 Å². The number of aryl methyl sites for hydroxylation is 2. The summed E-state index contributed by atoms with van der Waals surface area (Å²) in [5.74, 6) is 0. The van der Waals surface area contributed by atoms with Crippen LogP contribution in [0.4, 0.5) is 0 Å². The third kappa shape index (κ3) is 3.16. The molecule has 33 heavy (non-hydrogen) atoms. The van der Waals surface area contributed by atoms with Crippen LogP contribution in [0.1, 0.15) is 69.2 Å². The topological polar surface area (TPSA) is 3.88 Å². The van der Waals surface area contributed by atoms with Gasteiger partial charge in [0.05, 0.1) is 10.9 Å². The van der Waals surface area contributed by atoms with Crippen LogP contribution in [0.3, 0.4) is 0 Å². The van der Waals surface area contributed by atoms with Gasteiger partial charge in [-0.25, -0.2) is 0 Å². The van der Waals surface area contributed by atoms with Crippen LogP contribution in [0.15, 0.2) is 54.7 Å². The van der Waals surface area contributed by atoms with E-state index in [1.165, 1.54) is 92.2 Å². The predicted octanol–water partition coefficient (Wildman–Crippen LogP) is 8.14. The molecule has 1 aliphatic carbocycles. The maximum Gasteiger partial charge on any atom is 0.222 e. The summed E-state index contributed by atoms with van der Waals surface area (Å²) in [5.41, 5.74) is 14.3. The first-order valence-corrected chi connectivity index (χ1v) is 12.6. The van der Waals surface area contributed by atoms with Gasteiger partial charge in [0.2, 0.25) is 5.69 Å². The Labute approximate surface area is 198 Å². The van der Waals surface area contributed by atoms with Crippen LogP contribution in [0.25, 0.3) is 44.3 Å². The number of unbranched alkanes of at least 4 members (excludes halogenated alkanes) is 2. The molecule has 0 amide bonds. The Morgan fingerprint density at radius 3 is 2.48 bits per heavy atom. The standard InChI is InChI=1S/C32H34N/c1-6-7-8-9-21-15-23-19-33-13-12-22-17-24(32(3,4)5)18-28-25-11-10-20(2)14-26(25)27(16-21)30(23)31(33)29(22)28/h10-18H,6-9,19H2,1-5H3/q+1. The largest absolute Gasteiger partial charge is 0.222 e. The van der Waals surface area contributed by atoms with Crippen molar-refractivity contribution in [2.75, 3.05) is 0 Å². The molecule has 1 aliphatic heterocycles. The molecule has 0 spiro atoms. The summed E-state index contributed by atoms with van der Waals surface area (Å²) in [6.45, 7) is 12.5. The van der Waals surface area contributed by atoms with Gasteiger partial charge in [0, 0.05) is 11.6 Å². The highest BCUT2D eigenvalue weighted by atomic mass is 15.0. The van der Waals surface area contributed by atoms with Crippen LogP contribution in [0, 0.1) is 6.92 Å². The summed E-state index contributed by atoms with van der Waals surface area (Å²) in [6, 6.07) is 19.3. The van der Waals surface area contributed by atoms with Crippen molar-refractivity contribution >= 4 is 10.8 Å². The summed E-state index contributed by atoms with van der Waals surface area (Å²) in [5, 5.41) is 2.79. The van der Waals surface area contributed by atoms with Crippen molar-refractivity contribution in [1.82, 2.24) is 0 Å². The first kappa shape index (κ1) is 20.7. The molecule has 0 unspecified atom stereocenters. The Hall–Kier alpha value is -2.93. The molecule has 0 radical (unpaired) electrons. The van der Waals surface area contributed by atoms with E-state index < -0.39 is 0 Å². The second kappa shape index (κ2) is 7.29. The zero-order chi connectivity index (χ0) is 22.9. The molecule has 2 heterocycles. The van der Waals surface area contributed by atoms with Crippen LogP contribution in [-0.4, -0.2) is 0 Å². The van der Waals surface area contributed by atoms with E-state index in [4.69, 9.17) is 0 Å². The second-order valence-corrected chi connectivity index (χ2v) is 11.2. The normalized spacial score (nSPS) is 13.4. The zero-order valence-corrected chi connectivity index (χ0v) is 20.7. The average Bonchev–Trinajstić information content (AvgIpc) is 3.10. The van der Waals surface area contributed by atoms with Crippen LogP contribution in [-0.2, 0) is 18.4 Å². The van der Waals surface area contributed by atoms with Crippen molar-refractivity contribution in [3.63, 3.8) is 0 Å². The second-order valence-electron chi connectivity index (χ2n) is 11.2. The van der Waals surface area contributed by atoms with Crippen molar-refractivity contribution in [3.8, 4) is 33.5 Å². The summed E-state index contributed by atoms with van der Waals surface area (Å²) in [4.78, 5) is 0. The van der Waals surface area contributed by atoms with E-state index in [9.17, 15) is 0 Å². The highest BCUT2D eigenvalue weighted by Gasteiger charge is 2.36. The minimum atomic E-state index is 0.110. The van der Waals surface area contributed by atoms with E-state index in [1.807, 2.05) is 0 Å². The van der Waals surface area contributed by atoms with Gasteiger partial charge >= 0.3 is 0 Å². The molecule has 1 nitrogen and oxygen atoms in total. The number of benzene rings is 3. The van der Waals surface area contributed by atoms with Gasteiger partial charge in [0.15, 0.2) is 12.7 Å². The molecular formula is C32H34N+. The third-order valence-corrected chi connectivity index (χ3v) is 7.67. The van der Waals surface area contributed by atoms with E-state index in [2.05, 4.69) is 93.9 Å². The smallest absolute Gasteiger partial charge is 0.193 e. The van der Waals surface area contributed by atoms with Crippen molar-refractivity contribution in [2.24, 2.45) is 0 Å². The summed E-state index contributed by atoms with van der Waals surface area (Å²) >= 11 is 0. The van der Waals surface area contributed by atoms with Crippen molar-refractivity contribution in [1.29, 1.82) is 0 Å². The maximum absolute atomic E-state index is 2.51. The van der Waals surface area contributed by atoms with Crippen LogP contribution >= 0.6 is 0 Å². The fraction of sp³-hybridized carbons (Fsp3) is 0.344. The lowest BCUT2D eigenvalue weighted by Crippen LogP contribution is -2.31. The minimum absolute atomic E-state index is 0.110. The number of nitrogens with zero attached hydrogens (tertiary/aromatic N) is 1. The Morgan fingerprint density at radius 1 is 0.848 bits per heavy atom. The molecule has 6 rings (SSSR count). The van der Waals surface area contributed by atoms with Crippen molar-refractivity contribution in [2.45, 2.75) is 72.3 Å². The average molecular weight is 433 g/mol. The highest BCUT2D eigenvalue weighted by molar-refractivity contribution is 6.12. The van der Waals surface area contributed by atoms with E-state index in [-0.39, 0.29) is 5.41 Å². The molecule has 1 heteroatoms. The van der Waals surface area contributed by atoms with E-state index in [1.54, 1.807) is 0 Å². The fourth-order valence-electron chi connectivity index (χ4n) is 5.90. The molecule has 3 aromatic carbocycles. The lowest BCUT2D eigenvalue weighted by Gasteiger charge is -2.22. The Balaban J connectivity index is 1.72. The van der Waals surface area contributed by atoms with Crippen LogP contribution in [0.2, 0.25) is 0 Å². The Bertz CT molecular complexity index is 1430. The van der Waals surface area contributed by atoms with Gasteiger partial charge in [-0.2, -0.15) is 4.57 Å². The van der Waals surface area contributed by atoms with Gasteiger partial charge in [-0.05, 0) is 76.1 Å². The molecule has 0 bridgehead atoms. The molecule has 0 fully saturated rings. The molecule has 0 atom stereocenters. The quantitative estimate of drug-likeness (QED) is 0.195. The number of rotatable bonds is 4. The molecule has 0 saturated carbocycles. The first-order valence-electron chi connectivity index (χ1n) is 12.6. The van der Waals surface area contributed by atoms with E-state index in [0.717, 1.165) is 6.54 Å². The summed E-state index contributed by atoms with van der Waals surface area (Å²) in [6.07, 6.45) is 7.33. The maximum atomic E-state index is 2.51. The van der Waals surface area contributed by atoms with E-state index >= 15 is 0 Å². The zero-order valence-electron chi connectivity index (χ0n) is 20.7. The summed E-state index contributed by atoms with van der Waals surface area (Å²) in [7, 11) is 0. The third-order valence-electron chi connectivity index (χ3n) is 7.67. The Kier molecular flexibility index (Phi) is 4.56. The number of hydrogen-bond donors (Lipinski definition) is 0. The fourth-order valence-corrected chi connectivity index (χ4v) is 5.90. The van der Waals surface area contributed by atoms with Gasteiger partial charge in [0.1, 0.15) is 0 Å². The molecule has 1 aromatic heterocycles. The Morgan fingerprint density at radius 2 is 1.70 bits per heavy atom. The van der Waals surface area contributed by atoms with Gasteiger partial charge < -0.3 is 0 Å². The molecule has 0 N–H and O–H groups in total. The van der Waals surface area contributed by atoms with Crippen molar-refractivity contribution in [3.05, 3.63) is 77.0 Å².